The normalized spacial score (nSPS) is 12.4. The lowest BCUT2D eigenvalue weighted by atomic mass is 9.90. The average molecular weight is 333 g/mol. The van der Waals surface area contributed by atoms with Gasteiger partial charge in [-0.25, -0.2) is 0 Å². The van der Waals surface area contributed by atoms with Crippen molar-refractivity contribution in [1.29, 1.82) is 0 Å². The number of rotatable bonds is 5. The first-order valence-corrected chi connectivity index (χ1v) is 7.79. The Labute approximate surface area is 129 Å². The highest BCUT2D eigenvalue weighted by molar-refractivity contribution is 9.10. The molecule has 0 heterocycles. The molecular formula is C18H21BrO. The van der Waals surface area contributed by atoms with Crippen LogP contribution in [0, 0.1) is 19.8 Å². The third-order valence-corrected chi connectivity index (χ3v) is 4.24. The molecule has 0 saturated carbocycles. The number of halogens is 1. The summed E-state index contributed by atoms with van der Waals surface area (Å²) in [4.78, 5) is 0. The summed E-state index contributed by atoms with van der Waals surface area (Å²) < 4.78 is 1.09. The molecule has 0 saturated heterocycles. The van der Waals surface area contributed by atoms with Gasteiger partial charge in [-0.3, -0.25) is 0 Å². The maximum Gasteiger partial charge on any atom is 0.0465 e. The van der Waals surface area contributed by atoms with Gasteiger partial charge in [0.05, 0.1) is 0 Å². The van der Waals surface area contributed by atoms with Crippen LogP contribution in [0.3, 0.4) is 0 Å². The van der Waals surface area contributed by atoms with Crippen molar-refractivity contribution in [3.05, 3.63) is 69.2 Å². The quantitative estimate of drug-likeness (QED) is 0.856. The molecule has 20 heavy (non-hydrogen) atoms. The van der Waals surface area contributed by atoms with Gasteiger partial charge >= 0.3 is 0 Å². The fourth-order valence-corrected chi connectivity index (χ4v) is 2.75. The molecule has 0 radical (unpaired) electrons. The molecule has 0 fully saturated rings. The second-order valence-corrected chi connectivity index (χ2v) is 6.43. The Hall–Kier alpha value is -1.12. The highest BCUT2D eigenvalue weighted by Gasteiger charge is 2.11. The van der Waals surface area contributed by atoms with Crippen LogP contribution < -0.4 is 0 Å². The van der Waals surface area contributed by atoms with Crippen LogP contribution in [-0.4, -0.2) is 11.7 Å². The predicted molar refractivity (Wildman–Crippen MR) is 88.0 cm³/mol. The largest absolute Gasteiger partial charge is 0.396 e. The summed E-state index contributed by atoms with van der Waals surface area (Å²) in [7, 11) is 0. The summed E-state index contributed by atoms with van der Waals surface area (Å²) in [5, 5.41) is 9.65. The molecule has 1 atom stereocenters. The zero-order valence-corrected chi connectivity index (χ0v) is 13.7. The van der Waals surface area contributed by atoms with Crippen LogP contribution >= 0.6 is 15.9 Å². The molecule has 0 amide bonds. The molecule has 1 unspecified atom stereocenters. The molecule has 2 aromatic rings. The zero-order valence-electron chi connectivity index (χ0n) is 12.1. The Balaban J connectivity index is 2.08. The third-order valence-electron chi connectivity index (χ3n) is 3.71. The average Bonchev–Trinajstić information content (AvgIpc) is 2.44. The van der Waals surface area contributed by atoms with Gasteiger partial charge in [0.1, 0.15) is 0 Å². The van der Waals surface area contributed by atoms with Gasteiger partial charge in [0.15, 0.2) is 0 Å². The molecular weight excluding hydrogens is 312 g/mol. The summed E-state index contributed by atoms with van der Waals surface area (Å²) >= 11 is 3.45. The van der Waals surface area contributed by atoms with Crippen molar-refractivity contribution >= 4 is 15.9 Å². The minimum atomic E-state index is 0.226. The van der Waals surface area contributed by atoms with E-state index in [0.29, 0.717) is 0 Å². The maximum absolute atomic E-state index is 9.65. The van der Waals surface area contributed by atoms with E-state index < -0.39 is 0 Å². The van der Waals surface area contributed by atoms with Crippen LogP contribution in [0.1, 0.15) is 22.3 Å². The molecule has 0 aromatic heterocycles. The fourth-order valence-electron chi connectivity index (χ4n) is 2.49. The van der Waals surface area contributed by atoms with Gasteiger partial charge in [-0.1, -0.05) is 51.8 Å². The second kappa shape index (κ2) is 7.05. The number of benzene rings is 2. The molecule has 2 aromatic carbocycles. The van der Waals surface area contributed by atoms with Gasteiger partial charge in [-0.2, -0.15) is 0 Å². The Morgan fingerprint density at radius 2 is 1.70 bits per heavy atom. The minimum absolute atomic E-state index is 0.226. The summed E-state index contributed by atoms with van der Waals surface area (Å²) in [6, 6.07) is 14.9. The van der Waals surface area contributed by atoms with Crippen molar-refractivity contribution in [1.82, 2.24) is 0 Å². The molecule has 0 aliphatic heterocycles. The van der Waals surface area contributed by atoms with Crippen LogP contribution in [0.25, 0.3) is 0 Å². The first-order valence-electron chi connectivity index (χ1n) is 7.00. The zero-order chi connectivity index (χ0) is 14.5. The first kappa shape index (κ1) is 15.3. The number of aliphatic hydroxyl groups is 1. The van der Waals surface area contributed by atoms with Crippen LogP contribution in [0.4, 0.5) is 0 Å². The molecule has 1 N–H and O–H groups in total. The number of aryl methyl sites for hydroxylation is 2. The van der Waals surface area contributed by atoms with E-state index in [2.05, 4.69) is 72.2 Å². The van der Waals surface area contributed by atoms with Gasteiger partial charge < -0.3 is 5.11 Å². The lowest BCUT2D eigenvalue weighted by molar-refractivity contribution is 0.225. The minimum Gasteiger partial charge on any atom is -0.396 e. The predicted octanol–water partition coefficient (Wildman–Crippen LogP) is 4.46. The lowest BCUT2D eigenvalue weighted by Gasteiger charge is -2.16. The van der Waals surface area contributed by atoms with Crippen LogP contribution in [0.5, 0.6) is 0 Å². The highest BCUT2D eigenvalue weighted by Crippen LogP contribution is 2.19. The van der Waals surface area contributed by atoms with Crippen LogP contribution in [-0.2, 0) is 12.8 Å². The van der Waals surface area contributed by atoms with Crippen molar-refractivity contribution in [2.45, 2.75) is 26.7 Å². The number of hydrogen-bond donors (Lipinski definition) is 1. The van der Waals surface area contributed by atoms with Crippen molar-refractivity contribution in [2.24, 2.45) is 5.92 Å². The molecule has 2 rings (SSSR count). The number of hydrogen-bond acceptors (Lipinski definition) is 1. The Bertz CT molecular complexity index is 560. The van der Waals surface area contributed by atoms with Crippen LogP contribution in [0.15, 0.2) is 46.9 Å². The number of aliphatic hydroxyl groups excluding tert-OH is 1. The Morgan fingerprint density at radius 1 is 1.00 bits per heavy atom. The van der Waals surface area contributed by atoms with E-state index in [9.17, 15) is 5.11 Å². The summed E-state index contributed by atoms with van der Waals surface area (Å²) in [6.07, 6.45) is 1.84. The van der Waals surface area contributed by atoms with E-state index in [1.165, 1.54) is 22.3 Å². The molecule has 1 nitrogen and oxygen atoms in total. The van der Waals surface area contributed by atoms with Gasteiger partial charge in [0.2, 0.25) is 0 Å². The van der Waals surface area contributed by atoms with Gasteiger partial charge in [0.25, 0.3) is 0 Å². The van der Waals surface area contributed by atoms with E-state index >= 15 is 0 Å². The van der Waals surface area contributed by atoms with E-state index in [4.69, 9.17) is 0 Å². The van der Waals surface area contributed by atoms with Crippen molar-refractivity contribution < 1.29 is 5.11 Å². The molecule has 2 heteroatoms. The first-order chi connectivity index (χ1) is 9.58. The molecule has 0 aliphatic rings. The molecule has 0 bridgehead atoms. The summed E-state index contributed by atoms with van der Waals surface area (Å²) in [6.45, 7) is 4.48. The summed E-state index contributed by atoms with van der Waals surface area (Å²) in [5.74, 6) is 0.275. The van der Waals surface area contributed by atoms with Gasteiger partial charge in [0, 0.05) is 11.1 Å². The van der Waals surface area contributed by atoms with E-state index in [1.807, 2.05) is 0 Å². The molecule has 0 aliphatic carbocycles. The smallest absolute Gasteiger partial charge is 0.0465 e. The topological polar surface area (TPSA) is 20.2 Å². The Morgan fingerprint density at radius 3 is 2.35 bits per heavy atom. The maximum atomic E-state index is 9.65. The van der Waals surface area contributed by atoms with Crippen molar-refractivity contribution in [3.63, 3.8) is 0 Å². The Kier molecular flexibility index (Phi) is 5.38. The molecule has 106 valence electrons. The highest BCUT2D eigenvalue weighted by atomic mass is 79.9. The van der Waals surface area contributed by atoms with Crippen molar-refractivity contribution in [3.8, 4) is 0 Å². The standard InChI is InChI=1S/C18H21BrO/c1-13-3-4-14(2)17(9-13)11-16(12-20)10-15-5-7-18(19)8-6-15/h3-9,16,20H,10-12H2,1-2H3. The van der Waals surface area contributed by atoms with Crippen molar-refractivity contribution in [2.75, 3.05) is 6.61 Å². The SMILES string of the molecule is Cc1ccc(C)c(CC(CO)Cc2ccc(Br)cc2)c1. The lowest BCUT2D eigenvalue weighted by Crippen LogP contribution is -2.13. The van der Waals surface area contributed by atoms with E-state index in [0.717, 1.165) is 17.3 Å². The molecule has 0 spiro atoms. The fraction of sp³-hybridized carbons (Fsp3) is 0.333. The van der Waals surface area contributed by atoms with Gasteiger partial charge in [-0.05, 0) is 61.4 Å². The van der Waals surface area contributed by atoms with Gasteiger partial charge in [-0.15, -0.1) is 0 Å². The monoisotopic (exact) mass is 332 g/mol. The van der Waals surface area contributed by atoms with E-state index in [1.54, 1.807) is 0 Å². The second-order valence-electron chi connectivity index (χ2n) is 5.51. The summed E-state index contributed by atoms with van der Waals surface area (Å²) in [5.41, 5.74) is 5.22. The third kappa shape index (κ3) is 4.19. The van der Waals surface area contributed by atoms with E-state index in [-0.39, 0.29) is 12.5 Å². The van der Waals surface area contributed by atoms with Crippen LogP contribution in [0.2, 0.25) is 0 Å².